The van der Waals surface area contributed by atoms with E-state index in [0.29, 0.717) is 19.4 Å². The van der Waals surface area contributed by atoms with E-state index in [2.05, 4.69) is 5.32 Å². The van der Waals surface area contributed by atoms with Gasteiger partial charge in [-0.2, -0.15) is 0 Å². The zero-order valence-corrected chi connectivity index (χ0v) is 9.98. The Morgan fingerprint density at radius 1 is 1.39 bits per heavy atom. The molecular weight excluding hydrogens is 232 g/mol. The van der Waals surface area contributed by atoms with Crippen LogP contribution in [0.2, 0.25) is 0 Å². The summed E-state index contributed by atoms with van der Waals surface area (Å²) >= 11 is 0. The molecule has 1 saturated carbocycles. The summed E-state index contributed by atoms with van der Waals surface area (Å²) in [6.45, 7) is 0.304. The number of carboxylic acids is 1. The molecule has 4 N–H and O–H groups in total. The lowest BCUT2D eigenvalue weighted by Crippen LogP contribution is -2.58. The van der Waals surface area contributed by atoms with Crippen LogP contribution in [0, 0.1) is 0 Å². The highest BCUT2D eigenvalue weighted by molar-refractivity contribution is 5.88. The second kappa shape index (κ2) is 4.78. The topological polar surface area (TPSA) is 92.4 Å². The lowest BCUT2D eigenvalue weighted by atomic mass is 9.77. The first-order valence-corrected chi connectivity index (χ1v) is 5.91. The van der Waals surface area contributed by atoms with Gasteiger partial charge in [0.1, 0.15) is 0 Å². The molecule has 0 saturated heterocycles. The molecule has 1 aromatic carbocycles. The molecule has 1 aromatic rings. The molecule has 2 rings (SSSR count). The molecule has 1 fully saturated rings. The van der Waals surface area contributed by atoms with Gasteiger partial charge in [0.2, 0.25) is 5.91 Å². The number of aromatic carboxylic acids is 1. The van der Waals surface area contributed by atoms with E-state index in [1.807, 2.05) is 0 Å². The third-order valence-electron chi connectivity index (χ3n) is 3.32. The predicted octanol–water partition coefficient (Wildman–Crippen LogP) is 0.882. The Morgan fingerprint density at radius 2 is 2.11 bits per heavy atom. The molecule has 0 radical (unpaired) electrons. The molecule has 5 nitrogen and oxygen atoms in total. The lowest BCUT2D eigenvalue weighted by molar-refractivity contribution is -0.129. The molecule has 18 heavy (non-hydrogen) atoms. The van der Waals surface area contributed by atoms with Crippen LogP contribution in [0.25, 0.3) is 0 Å². The SMILES string of the molecule is NC1(C(=O)NCc2cccc(C(=O)O)c2)CCC1. The van der Waals surface area contributed by atoms with Crippen molar-refractivity contribution in [2.75, 3.05) is 0 Å². The third-order valence-corrected chi connectivity index (χ3v) is 3.32. The summed E-state index contributed by atoms with van der Waals surface area (Å²) < 4.78 is 0. The summed E-state index contributed by atoms with van der Waals surface area (Å²) in [6, 6.07) is 6.50. The van der Waals surface area contributed by atoms with E-state index in [1.165, 1.54) is 6.07 Å². The minimum atomic E-state index is -0.975. The Kier molecular flexibility index (Phi) is 3.34. The highest BCUT2D eigenvalue weighted by atomic mass is 16.4. The minimum absolute atomic E-state index is 0.158. The Morgan fingerprint density at radius 3 is 2.67 bits per heavy atom. The van der Waals surface area contributed by atoms with Crippen LogP contribution in [0.3, 0.4) is 0 Å². The predicted molar refractivity (Wildman–Crippen MR) is 66.0 cm³/mol. The van der Waals surface area contributed by atoms with Gasteiger partial charge in [0.05, 0.1) is 11.1 Å². The fourth-order valence-electron chi connectivity index (χ4n) is 1.96. The fraction of sp³-hybridized carbons (Fsp3) is 0.385. The van der Waals surface area contributed by atoms with Crippen molar-refractivity contribution in [3.63, 3.8) is 0 Å². The number of hydrogen-bond acceptors (Lipinski definition) is 3. The van der Waals surface area contributed by atoms with Crippen molar-refractivity contribution < 1.29 is 14.7 Å². The Balaban J connectivity index is 1.96. The van der Waals surface area contributed by atoms with Gasteiger partial charge in [-0.25, -0.2) is 4.79 Å². The average Bonchev–Trinajstić information content (AvgIpc) is 2.33. The Bertz CT molecular complexity index is 481. The number of nitrogens with one attached hydrogen (secondary N) is 1. The van der Waals surface area contributed by atoms with E-state index < -0.39 is 11.5 Å². The summed E-state index contributed by atoms with van der Waals surface area (Å²) in [5.41, 5.74) is 6.14. The quantitative estimate of drug-likeness (QED) is 0.737. The maximum absolute atomic E-state index is 11.8. The fourth-order valence-corrected chi connectivity index (χ4v) is 1.96. The normalized spacial score (nSPS) is 16.7. The minimum Gasteiger partial charge on any atom is -0.478 e. The zero-order chi connectivity index (χ0) is 13.2. The van der Waals surface area contributed by atoms with Crippen molar-refractivity contribution in [3.8, 4) is 0 Å². The second-order valence-corrected chi connectivity index (χ2v) is 4.70. The van der Waals surface area contributed by atoms with E-state index in [0.717, 1.165) is 12.0 Å². The van der Waals surface area contributed by atoms with Crippen LogP contribution in [-0.2, 0) is 11.3 Å². The van der Waals surface area contributed by atoms with Crippen LogP contribution in [0.15, 0.2) is 24.3 Å². The van der Waals surface area contributed by atoms with E-state index in [9.17, 15) is 9.59 Å². The monoisotopic (exact) mass is 248 g/mol. The maximum Gasteiger partial charge on any atom is 0.335 e. The Hall–Kier alpha value is -1.88. The first-order chi connectivity index (χ1) is 8.51. The van der Waals surface area contributed by atoms with Crippen molar-refractivity contribution in [3.05, 3.63) is 35.4 Å². The van der Waals surface area contributed by atoms with E-state index >= 15 is 0 Å². The molecule has 0 atom stereocenters. The number of nitrogens with two attached hydrogens (primary N) is 1. The van der Waals surface area contributed by atoms with Gasteiger partial charge >= 0.3 is 5.97 Å². The number of carboxylic acid groups (broad SMARTS) is 1. The van der Waals surface area contributed by atoms with Gasteiger partial charge in [-0.15, -0.1) is 0 Å². The largest absolute Gasteiger partial charge is 0.478 e. The summed E-state index contributed by atoms with van der Waals surface area (Å²) in [6.07, 6.45) is 2.42. The van der Waals surface area contributed by atoms with Crippen LogP contribution < -0.4 is 11.1 Å². The molecule has 1 aliphatic carbocycles. The number of benzene rings is 1. The number of carbonyl (C=O) groups excluding carboxylic acids is 1. The number of carbonyl (C=O) groups is 2. The first-order valence-electron chi connectivity index (χ1n) is 5.91. The second-order valence-electron chi connectivity index (χ2n) is 4.70. The van der Waals surface area contributed by atoms with Crippen molar-refractivity contribution in [2.24, 2.45) is 5.73 Å². The van der Waals surface area contributed by atoms with Crippen LogP contribution >= 0.6 is 0 Å². The number of rotatable bonds is 4. The van der Waals surface area contributed by atoms with Gasteiger partial charge in [0, 0.05) is 6.54 Å². The van der Waals surface area contributed by atoms with Crippen molar-refractivity contribution in [2.45, 2.75) is 31.3 Å². The van der Waals surface area contributed by atoms with E-state index in [-0.39, 0.29) is 11.5 Å². The molecule has 5 heteroatoms. The highest BCUT2D eigenvalue weighted by Crippen LogP contribution is 2.29. The van der Waals surface area contributed by atoms with Gasteiger partial charge in [-0.3, -0.25) is 4.79 Å². The van der Waals surface area contributed by atoms with E-state index in [4.69, 9.17) is 10.8 Å². The molecular formula is C13H16N2O3. The van der Waals surface area contributed by atoms with Gasteiger partial charge in [-0.1, -0.05) is 12.1 Å². The Labute approximate surface area is 105 Å². The molecule has 0 bridgehead atoms. The number of hydrogen-bond donors (Lipinski definition) is 3. The van der Waals surface area contributed by atoms with Crippen molar-refractivity contribution in [1.29, 1.82) is 0 Å². The molecule has 1 aliphatic rings. The highest BCUT2D eigenvalue weighted by Gasteiger charge is 2.39. The van der Waals surface area contributed by atoms with E-state index in [1.54, 1.807) is 18.2 Å². The average molecular weight is 248 g/mol. The van der Waals surface area contributed by atoms with Gasteiger partial charge in [0.15, 0.2) is 0 Å². The third kappa shape index (κ3) is 2.51. The molecule has 0 aliphatic heterocycles. The summed E-state index contributed by atoms with van der Waals surface area (Å²) in [5, 5.41) is 11.6. The first kappa shape index (κ1) is 12.6. The summed E-state index contributed by atoms with van der Waals surface area (Å²) in [4.78, 5) is 22.6. The summed E-state index contributed by atoms with van der Waals surface area (Å²) in [5.74, 6) is -1.13. The van der Waals surface area contributed by atoms with Crippen molar-refractivity contribution >= 4 is 11.9 Å². The van der Waals surface area contributed by atoms with Gasteiger partial charge in [-0.05, 0) is 37.0 Å². The molecule has 1 amide bonds. The van der Waals surface area contributed by atoms with Crippen LogP contribution in [0.1, 0.15) is 35.2 Å². The van der Waals surface area contributed by atoms with Gasteiger partial charge in [0.25, 0.3) is 0 Å². The standard InChI is InChI=1S/C13H16N2O3/c14-13(5-2-6-13)12(18)15-8-9-3-1-4-10(7-9)11(16)17/h1,3-4,7H,2,5-6,8,14H2,(H,15,18)(H,16,17). The van der Waals surface area contributed by atoms with Crippen LogP contribution in [0.4, 0.5) is 0 Å². The smallest absolute Gasteiger partial charge is 0.335 e. The number of amides is 1. The molecule has 96 valence electrons. The molecule has 0 heterocycles. The molecule has 0 aromatic heterocycles. The molecule has 0 unspecified atom stereocenters. The maximum atomic E-state index is 11.8. The summed E-state index contributed by atoms with van der Waals surface area (Å²) in [7, 11) is 0. The van der Waals surface area contributed by atoms with Crippen molar-refractivity contribution in [1.82, 2.24) is 5.32 Å². The van der Waals surface area contributed by atoms with Gasteiger partial charge < -0.3 is 16.2 Å². The molecule has 0 spiro atoms. The zero-order valence-electron chi connectivity index (χ0n) is 9.98. The lowest BCUT2D eigenvalue weighted by Gasteiger charge is -2.36. The van der Waals surface area contributed by atoms with Crippen LogP contribution in [0.5, 0.6) is 0 Å². The van der Waals surface area contributed by atoms with Crippen LogP contribution in [-0.4, -0.2) is 22.5 Å².